The number of hydrogen-bond acceptors (Lipinski definition) is 5. The predicted molar refractivity (Wildman–Crippen MR) is 126 cm³/mol. The van der Waals surface area contributed by atoms with E-state index in [9.17, 15) is 14.7 Å². The van der Waals surface area contributed by atoms with E-state index >= 15 is 0 Å². The van der Waals surface area contributed by atoms with Crippen molar-refractivity contribution in [2.75, 3.05) is 24.6 Å². The Morgan fingerprint density at radius 3 is 2.41 bits per heavy atom. The number of hydrogen-bond donors (Lipinski definition) is 1. The van der Waals surface area contributed by atoms with Crippen LogP contribution in [0.2, 0.25) is 0 Å². The number of thioether (sulfide) groups is 1. The molecule has 0 saturated carbocycles. The molecule has 0 spiro atoms. The summed E-state index contributed by atoms with van der Waals surface area (Å²) in [5.74, 6) is 2.20. The van der Waals surface area contributed by atoms with E-state index in [1.807, 2.05) is 36.4 Å². The predicted octanol–water partition coefficient (Wildman–Crippen LogP) is 3.93. The third-order valence-corrected chi connectivity index (χ3v) is 6.24. The van der Waals surface area contributed by atoms with E-state index in [-0.39, 0.29) is 12.3 Å². The molecule has 1 unspecified atom stereocenters. The number of aromatic nitrogens is 1. The lowest BCUT2D eigenvalue weighted by atomic mass is 9.99. The molecule has 1 aliphatic heterocycles. The molecule has 1 aliphatic rings. The Labute approximate surface area is 193 Å². The van der Waals surface area contributed by atoms with Gasteiger partial charge in [-0.2, -0.15) is 11.8 Å². The number of rotatable bonds is 7. The van der Waals surface area contributed by atoms with Gasteiger partial charge in [0.25, 0.3) is 0 Å². The van der Waals surface area contributed by atoms with Crippen LogP contribution in [-0.2, 0) is 17.8 Å². The molecule has 0 radical (unpaired) electrons. The molecule has 1 atom stereocenters. The van der Waals surface area contributed by atoms with Gasteiger partial charge in [-0.3, -0.25) is 14.7 Å². The summed E-state index contributed by atoms with van der Waals surface area (Å²) < 4.78 is 5.79. The van der Waals surface area contributed by atoms with Crippen LogP contribution in [0, 0.1) is 0 Å². The summed E-state index contributed by atoms with van der Waals surface area (Å²) in [6.45, 7) is 7.13. The Balaban J connectivity index is 1.76. The van der Waals surface area contributed by atoms with Crippen LogP contribution in [-0.4, -0.2) is 68.1 Å². The molecule has 2 aromatic rings. The molecule has 2 amide bonds. The highest BCUT2D eigenvalue weighted by Gasteiger charge is 2.39. The second-order valence-electron chi connectivity index (χ2n) is 8.74. The van der Waals surface area contributed by atoms with Gasteiger partial charge >= 0.3 is 6.09 Å². The standard InChI is InChI=1S/C24H31N3O4S/c1-24(2,3)27(23(29)30)21(22(28)26-11-13-32-14-12-26)15-19-9-10-20(16-25-19)31-17-18-7-5-4-6-8-18/h4-10,16,21H,11-15,17H2,1-3H3,(H,29,30). The first kappa shape index (κ1) is 23.9. The van der Waals surface area contributed by atoms with Gasteiger partial charge in [0.15, 0.2) is 0 Å². The Morgan fingerprint density at radius 2 is 1.84 bits per heavy atom. The summed E-state index contributed by atoms with van der Waals surface area (Å²) in [6.07, 6.45) is 0.731. The Morgan fingerprint density at radius 1 is 1.16 bits per heavy atom. The molecule has 172 valence electrons. The fourth-order valence-electron chi connectivity index (χ4n) is 3.73. The molecule has 3 rings (SSSR count). The monoisotopic (exact) mass is 457 g/mol. The number of benzene rings is 1. The highest BCUT2D eigenvalue weighted by molar-refractivity contribution is 7.99. The van der Waals surface area contributed by atoms with Crippen LogP contribution in [0.15, 0.2) is 48.7 Å². The maximum atomic E-state index is 13.4. The molecular weight excluding hydrogens is 426 g/mol. The van der Waals surface area contributed by atoms with E-state index in [2.05, 4.69) is 4.98 Å². The summed E-state index contributed by atoms with van der Waals surface area (Å²) in [4.78, 5) is 33.0. The first-order valence-electron chi connectivity index (χ1n) is 10.8. The molecular formula is C24H31N3O4S. The summed E-state index contributed by atoms with van der Waals surface area (Å²) in [5, 5.41) is 9.94. The van der Waals surface area contributed by atoms with Crippen LogP contribution in [0.25, 0.3) is 0 Å². The number of carboxylic acid groups (broad SMARTS) is 1. The van der Waals surface area contributed by atoms with E-state index in [4.69, 9.17) is 4.74 Å². The van der Waals surface area contributed by atoms with Crippen molar-refractivity contribution in [1.29, 1.82) is 0 Å². The van der Waals surface area contributed by atoms with Gasteiger partial charge in [0.05, 0.1) is 6.20 Å². The number of nitrogens with zero attached hydrogens (tertiary/aromatic N) is 3. The summed E-state index contributed by atoms with van der Waals surface area (Å²) in [5.41, 5.74) is 0.983. The number of carbonyl (C=O) groups is 2. The summed E-state index contributed by atoms with van der Waals surface area (Å²) in [7, 11) is 0. The molecule has 32 heavy (non-hydrogen) atoms. The maximum absolute atomic E-state index is 13.4. The third-order valence-electron chi connectivity index (χ3n) is 5.30. The molecule has 2 heterocycles. The highest BCUT2D eigenvalue weighted by atomic mass is 32.2. The molecule has 1 fully saturated rings. The smallest absolute Gasteiger partial charge is 0.408 e. The fourth-order valence-corrected chi connectivity index (χ4v) is 4.63. The average Bonchev–Trinajstić information content (AvgIpc) is 2.78. The van der Waals surface area contributed by atoms with Crippen molar-refractivity contribution < 1.29 is 19.4 Å². The van der Waals surface area contributed by atoms with E-state index in [1.54, 1.807) is 49.7 Å². The van der Waals surface area contributed by atoms with Gasteiger partial charge in [0.1, 0.15) is 18.4 Å². The second-order valence-corrected chi connectivity index (χ2v) is 9.97. The Bertz CT molecular complexity index is 894. The van der Waals surface area contributed by atoms with Crippen molar-refractivity contribution >= 4 is 23.8 Å². The van der Waals surface area contributed by atoms with Gasteiger partial charge in [0.2, 0.25) is 5.91 Å². The van der Waals surface area contributed by atoms with Crippen LogP contribution in [0.3, 0.4) is 0 Å². The molecule has 7 nitrogen and oxygen atoms in total. The van der Waals surface area contributed by atoms with Crippen LogP contribution in [0.1, 0.15) is 32.0 Å². The quantitative estimate of drug-likeness (QED) is 0.678. The van der Waals surface area contributed by atoms with Gasteiger partial charge < -0.3 is 14.7 Å². The van der Waals surface area contributed by atoms with Gasteiger partial charge in [-0.25, -0.2) is 4.79 Å². The minimum absolute atomic E-state index is 0.158. The van der Waals surface area contributed by atoms with Crippen LogP contribution < -0.4 is 4.74 Å². The van der Waals surface area contributed by atoms with Crippen LogP contribution >= 0.6 is 11.8 Å². The fraction of sp³-hybridized carbons (Fsp3) is 0.458. The molecule has 1 saturated heterocycles. The van der Waals surface area contributed by atoms with Crippen molar-refractivity contribution in [3.8, 4) is 5.75 Å². The van der Waals surface area contributed by atoms with E-state index in [0.29, 0.717) is 31.1 Å². The highest BCUT2D eigenvalue weighted by Crippen LogP contribution is 2.23. The minimum Gasteiger partial charge on any atom is -0.487 e. The first-order valence-corrected chi connectivity index (χ1v) is 11.9. The number of carbonyl (C=O) groups excluding carboxylic acids is 1. The van der Waals surface area contributed by atoms with Gasteiger partial charge in [-0.1, -0.05) is 30.3 Å². The molecule has 1 aromatic heterocycles. The van der Waals surface area contributed by atoms with Crippen LogP contribution in [0.5, 0.6) is 5.75 Å². The normalized spacial score (nSPS) is 15.2. The lowest BCUT2D eigenvalue weighted by molar-refractivity contribution is -0.137. The zero-order chi connectivity index (χ0) is 23.1. The van der Waals surface area contributed by atoms with Crippen molar-refractivity contribution in [2.24, 2.45) is 0 Å². The van der Waals surface area contributed by atoms with Crippen molar-refractivity contribution in [1.82, 2.24) is 14.8 Å². The summed E-state index contributed by atoms with van der Waals surface area (Å²) >= 11 is 1.81. The largest absolute Gasteiger partial charge is 0.487 e. The first-order chi connectivity index (χ1) is 15.3. The Hall–Kier alpha value is -2.74. The Kier molecular flexibility index (Phi) is 8.01. The van der Waals surface area contributed by atoms with Crippen LogP contribution in [0.4, 0.5) is 4.79 Å². The topological polar surface area (TPSA) is 83.0 Å². The number of ether oxygens (including phenoxy) is 1. The molecule has 1 aromatic carbocycles. The van der Waals surface area contributed by atoms with E-state index < -0.39 is 17.7 Å². The molecule has 8 heteroatoms. The molecule has 0 bridgehead atoms. The van der Waals surface area contributed by atoms with E-state index in [1.165, 1.54) is 4.90 Å². The lowest BCUT2D eigenvalue weighted by Crippen LogP contribution is -2.59. The second kappa shape index (κ2) is 10.7. The van der Waals surface area contributed by atoms with Crippen molar-refractivity contribution in [3.05, 3.63) is 59.9 Å². The summed E-state index contributed by atoms with van der Waals surface area (Å²) in [6, 6.07) is 12.6. The maximum Gasteiger partial charge on any atom is 0.408 e. The zero-order valence-corrected chi connectivity index (χ0v) is 19.7. The number of amides is 2. The third kappa shape index (κ3) is 6.38. The van der Waals surface area contributed by atoms with Crippen molar-refractivity contribution in [2.45, 2.75) is 45.4 Å². The SMILES string of the molecule is CC(C)(C)N(C(=O)O)C(Cc1ccc(OCc2ccccc2)cn1)C(=O)N1CCSCC1. The molecule has 0 aliphatic carbocycles. The van der Waals surface area contributed by atoms with Gasteiger partial charge in [0, 0.05) is 42.2 Å². The van der Waals surface area contributed by atoms with E-state index in [0.717, 1.165) is 17.1 Å². The minimum atomic E-state index is -1.11. The van der Waals surface area contributed by atoms with Gasteiger partial charge in [-0.15, -0.1) is 0 Å². The zero-order valence-electron chi connectivity index (χ0n) is 18.9. The van der Waals surface area contributed by atoms with Gasteiger partial charge in [-0.05, 0) is 38.5 Å². The lowest BCUT2D eigenvalue weighted by Gasteiger charge is -2.41. The average molecular weight is 458 g/mol. The number of pyridine rings is 1. The molecule has 1 N–H and O–H groups in total. The van der Waals surface area contributed by atoms with Crippen molar-refractivity contribution in [3.63, 3.8) is 0 Å².